The molecule has 1 aromatic rings. The van der Waals surface area contributed by atoms with Crippen molar-refractivity contribution in [2.24, 2.45) is 0 Å². The molecule has 1 nitrogen and oxygen atoms in total. The lowest BCUT2D eigenvalue weighted by Gasteiger charge is -1.99. The quantitative estimate of drug-likeness (QED) is 0.710. The van der Waals surface area contributed by atoms with Crippen LogP contribution in [0.4, 0.5) is 18.9 Å². The molecule has 12 heavy (non-hydrogen) atoms. The summed E-state index contributed by atoms with van der Waals surface area (Å²) in [6, 6.07) is 0.958. The first-order valence-electron chi connectivity index (χ1n) is 2.84. The molecule has 0 fully saturated rings. The number of halogens is 4. The first-order chi connectivity index (χ1) is 4.91. The van der Waals surface area contributed by atoms with Crippen LogP contribution < -0.4 is 5.73 Å². The highest BCUT2D eigenvalue weighted by molar-refractivity contribution is 7.12. The minimum absolute atomic E-state index is 0. The maximum atomic E-state index is 11.9. The second kappa shape index (κ2) is 3.53. The molecule has 0 saturated heterocycles. The standard InChI is InChI=1S/C6H6F3NS.ClH/c1-3-4(10)2-5(11-3)6(7,8)9;/h2H,10H2,1H3;1H. The first kappa shape index (κ1) is 11.6. The molecule has 0 bridgehead atoms. The maximum absolute atomic E-state index is 11.9. The van der Waals surface area contributed by atoms with E-state index in [1.807, 2.05) is 0 Å². The van der Waals surface area contributed by atoms with Gasteiger partial charge in [0.25, 0.3) is 0 Å². The molecule has 2 N–H and O–H groups in total. The molecule has 0 aliphatic heterocycles. The van der Waals surface area contributed by atoms with Crippen LogP contribution in [0.25, 0.3) is 0 Å². The molecule has 0 atom stereocenters. The summed E-state index contributed by atoms with van der Waals surface area (Å²) in [5, 5.41) is 0. The van der Waals surface area contributed by atoms with E-state index in [1.54, 1.807) is 6.92 Å². The predicted octanol–water partition coefficient (Wildman–Crippen LogP) is 3.08. The summed E-state index contributed by atoms with van der Waals surface area (Å²) in [5.41, 5.74) is 5.46. The molecular weight excluding hydrogens is 211 g/mol. The number of hydrogen-bond acceptors (Lipinski definition) is 2. The van der Waals surface area contributed by atoms with Crippen LogP contribution in [-0.2, 0) is 6.18 Å². The average Bonchev–Trinajstić information content (AvgIpc) is 2.11. The van der Waals surface area contributed by atoms with Gasteiger partial charge in [-0.15, -0.1) is 23.7 Å². The average molecular weight is 218 g/mol. The van der Waals surface area contributed by atoms with Gasteiger partial charge >= 0.3 is 6.18 Å². The first-order valence-corrected chi connectivity index (χ1v) is 3.66. The van der Waals surface area contributed by atoms with Gasteiger partial charge < -0.3 is 5.73 Å². The number of nitrogens with two attached hydrogens (primary N) is 1. The number of rotatable bonds is 0. The molecule has 0 aliphatic carbocycles. The van der Waals surface area contributed by atoms with E-state index in [0.29, 0.717) is 16.2 Å². The molecule has 0 unspecified atom stereocenters. The third kappa shape index (κ3) is 2.28. The molecule has 1 rings (SSSR count). The highest BCUT2D eigenvalue weighted by atomic mass is 35.5. The second-order valence-electron chi connectivity index (χ2n) is 2.12. The fraction of sp³-hybridized carbons (Fsp3) is 0.333. The Hall–Kier alpha value is -0.420. The van der Waals surface area contributed by atoms with Gasteiger partial charge in [-0.25, -0.2) is 0 Å². The second-order valence-corrected chi connectivity index (χ2v) is 3.38. The lowest BCUT2D eigenvalue weighted by atomic mass is 10.4. The molecule has 6 heteroatoms. The van der Waals surface area contributed by atoms with E-state index >= 15 is 0 Å². The lowest BCUT2D eigenvalue weighted by molar-refractivity contribution is -0.134. The van der Waals surface area contributed by atoms with Gasteiger partial charge in [0.1, 0.15) is 4.88 Å². The third-order valence-corrected chi connectivity index (χ3v) is 2.35. The van der Waals surface area contributed by atoms with Crippen LogP contribution in [0.1, 0.15) is 9.75 Å². The highest BCUT2D eigenvalue weighted by Crippen LogP contribution is 2.37. The number of nitrogen functional groups attached to an aromatic ring is 1. The Balaban J connectivity index is 0.00000121. The van der Waals surface area contributed by atoms with Crippen LogP contribution in [0.5, 0.6) is 0 Å². The number of alkyl halides is 3. The van der Waals surface area contributed by atoms with Gasteiger partial charge in [0, 0.05) is 10.6 Å². The lowest BCUT2D eigenvalue weighted by Crippen LogP contribution is -2.00. The van der Waals surface area contributed by atoms with Gasteiger partial charge in [0.15, 0.2) is 0 Å². The van der Waals surface area contributed by atoms with Gasteiger partial charge in [-0.1, -0.05) is 0 Å². The topological polar surface area (TPSA) is 26.0 Å². The van der Waals surface area contributed by atoms with Crippen LogP contribution in [0.15, 0.2) is 6.07 Å². The molecule has 1 heterocycles. The monoisotopic (exact) mass is 217 g/mol. The van der Waals surface area contributed by atoms with Crippen LogP contribution in [0.3, 0.4) is 0 Å². The summed E-state index contributed by atoms with van der Waals surface area (Å²) in [6.07, 6.45) is -4.26. The van der Waals surface area contributed by atoms with Crippen molar-refractivity contribution < 1.29 is 13.2 Å². The minimum Gasteiger partial charge on any atom is -0.398 e. The van der Waals surface area contributed by atoms with E-state index in [-0.39, 0.29) is 18.1 Å². The zero-order chi connectivity index (χ0) is 8.65. The molecule has 1 aromatic heterocycles. The fourth-order valence-electron chi connectivity index (χ4n) is 0.636. The molecule has 0 aliphatic rings. The Morgan fingerprint density at radius 2 is 1.92 bits per heavy atom. The molecule has 0 spiro atoms. The van der Waals surface area contributed by atoms with E-state index in [0.717, 1.165) is 6.07 Å². The van der Waals surface area contributed by atoms with E-state index in [1.165, 1.54) is 0 Å². The van der Waals surface area contributed by atoms with Gasteiger partial charge in [0.2, 0.25) is 0 Å². The minimum atomic E-state index is -4.26. The summed E-state index contributed by atoms with van der Waals surface area (Å²) in [6.45, 7) is 1.56. The maximum Gasteiger partial charge on any atom is 0.425 e. The van der Waals surface area contributed by atoms with Crippen molar-refractivity contribution in [3.05, 3.63) is 15.8 Å². The molecule has 70 valence electrons. The van der Waals surface area contributed by atoms with Crippen molar-refractivity contribution in [2.75, 3.05) is 5.73 Å². The van der Waals surface area contributed by atoms with Gasteiger partial charge in [-0.05, 0) is 13.0 Å². The Labute approximate surface area is 77.8 Å². The summed E-state index contributed by atoms with van der Waals surface area (Å²) in [7, 11) is 0. The van der Waals surface area contributed by atoms with Gasteiger partial charge in [-0.2, -0.15) is 13.2 Å². The highest BCUT2D eigenvalue weighted by Gasteiger charge is 2.32. The Morgan fingerprint density at radius 1 is 1.42 bits per heavy atom. The Morgan fingerprint density at radius 3 is 2.08 bits per heavy atom. The van der Waals surface area contributed by atoms with Crippen molar-refractivity contribution in [2.45, 2.75) is 13.1 Å². The van der Waals surface area contributed by atoms with Crippen molar-refractivity contribution in [1.29, 1.82) is 0 Å². The normalized spacial score (nSPS) is 11.0. The van der Waals surface area contributed by atoms with E-state index in [2.05, 4.69) is 0 Å². The predicted molar refractivity (Wildman–Crippen MR) is 45.7 cm³/mol. The van der Waals surface area contributed by atoms with Gasteiger partial charge in [0.05, 0.1) is 0 Å². The number of hydrogen-bond donors (Lipinski definition) is 1. The van der Waals surface area contributed by atoms with Crippen molar-refractivity contribution in [1.82, 2.24) is 0 Å². The SMILES string of the molecule is Cc1sc(C(F)(F)F)cc1N.Cl. The summed E-state index contributed by atoms with van der Waals surface area (Å²) >= 11 is 0.671. The number of thiophene rings is 1. The van der Waals surface area contributed by atoms with Gasteiger partial charge in [-0.3, -0.25) is 0 Å². The van der Waals surface area contributed by atoms with Crippen molar-refractivity contribution in [3.8, 4) is 0 Å². The summed E-state index contributed by atoms with van der Waals surface area (Å²) in [5.74, 6) is 0. The fourth-order valence-corrected chi connectivity index (χ4v) is 1.44. The zero-order valence-electron chi connectivity index (χ0n) is 6.11. The van der Waals surface area contributed by atoms with E-state index in [4.69, 9.17) is 5.73 Å². The van der Waals surface area contributed by atoms with Crippen LogP contribution in [0, 0.1) is 6.92 Å². The third-order valence-electron chi connectivity index (χ3n) is 1.24. The number of anilines is 1. The zero-order valence-corrected chi connectivity index (χ0v) is 7.74. The Bertz CT molecular complexity index is 249. The summed E-state index contributed by atoms with van der Waals surface area (Å²) in [4.78, 5) is -0.121. The van der Waals surface area contributed by atoms with Crippen LogP contribution >= 0.6 is 23.7 Å². The van der Waals surface area contributed by atoms with Crippen molar-refractivity contribution >= 4 is 29.4 Å². The van der Waals surface area contributed by atoms with Crippen LogP contribution in [-0.4, -0.2) is 0 Å². The largest absolute Gasteiger partial charge is 0.425 e. The van der Waals surface area contributed by atoms with Crippen molar-refractivity contribution in [3.63, 3.8) is 0 Å². The number of aryl methyl sites for hydroxylation is 1. The van der Waals surface area contributed by atoms with Crippen LogP contribution in [0.2, 0.25) is 0 Å². The molecule has 0 aromatic carbocycles. The summed E-state index contributed by atoms with van der Waals surface area (Å²) < 4.78 is 35.8. The molecule has 0 radical (unpaired) electrons. The van der Waals surface area contributed by atoms with E-state index < -0.39 is 11.1 Å². The molecular formula is C6H7ClF3NS. The molecule has 0 amide bonds. The smallest absolute Gasteiger partial charge is 0.398 e. The Kier molecular flexibility index (Phi) is 3.41. The van der Waals surface area contributed by atoms with E-state index in [9.17, 15) is 13.2 Å². The molecule has 0 saturated carbocycles.